The van der Waals surface area contributed by atoms with E-state index in [0.29, 0.717) is 25.3 Å². The van der Waals surface area contributed by atoms with Gasteiger partial charge in [0.05, 0.1) is 6.04 Å². The largest absolute Gasteiger partial charge is 0.409 e. The van der Waals surface area contributed by atoms with Gasteiger partial charge in [-0.1, -0.05) is 44.2 Å². The van der Waals surface area contributed by atoms with Crippen LogP contribution in [0, 0.1) is 4.84 Å². The zero-order chi connectivity index (χ0) is 24.1. The molecule has 1 aliphatic rings. The molecular weight excluding hydrogens is 446 g/mol. The van der Waals surface area contributed by atoms with Gasteiger partial charge in [0.15, 0.2) is 0 Å². The van der Waals surface area contributed by atoms with Crippen LogP contribution >= 0.6 is 12.2 Å². The van der Waals surface area contributed by atoms with Crippen LogP contribution in [0.3, 0.4) is 0 Å². The third-order valence-corrected chi connectivity index (χ3v) is 5.84. The second-order valence-electron chi connectivity index (χ2n) is 7.71. The van der Waals surface area contributed by atoms with Crippen molar-refractivity contribution < 1.29 is 9.21 Å². The lowest BCUT2D eigenvalue weighted by Gasteiger charge is -2.22. The SMILES string of the molecule is CC.NC(Cc1ccccc1)C(=O)N1CCc2c(-c3n[nH]c(=S)o3)cc(-c3ccncc3)cc21. The van der Waals surface area contributed by atoms with E-state index in [-0.39, 0.29) is 10.7 Å². The van der Waals surface area contributed by atoms with Gasteiger partial charge in [0, 0.05) is 30.2 Å². The van der Waals surface area contributed by atoms with Crippen molar-refractivity contribution in [1.29, 1.82) is 0 Å². The molecule has 4 aromatic rings. The number of nitrogens with one attached hydrogen (secondary N) is 1. The number of carbonyl (C=O) groups is 1. The van der Waals surface area contributed by atoms with Gasteiger partial charge >= 0.3 is 0 Å². The van der Waals surface area contributed by atoms with Crippen molar-refractivity contribution in [2.75, 3.05) is 11.4 Å². The molecule has 0 saturated heterocycles. The van der Waals surface area contributed by atoms with Gasteiger partial charge in [-0.15, -0.1) is 5.10 Å². The molecule has 0 saturated carbocycles. The quantitative estimate of drug-likeness (QED) is 0.398. The minimum absolute atomic E-state index is 0.103. The lowest BCUT2D eigenvalue weighted by molar-refractivity contribution is -0.119. The monoisotopic (exact) mass is 473 g/mol. The number of hydrogen-bond acceptors (Lipinski definition) is 6. The molecule has 1 unspecified atom stereocenters. The number of fused-ring (bicyclic) bond motifs is 1. The van der Waals surface area contributed by atoms with Gasteiger partial charge in [0.1, 0.15) is 0 Å². The molecule has 3 heterocycles. The molecule has 0 spiro atoms. The summed E-state index contributed by atoms with van der Waals surface area (Å²) in [7, 11) is 0. The number of anilines is 1. The third-order valence-electron chi connectivity index (χ3n) is 5.67. The smallest absolute Gasteiger partial charge is 0.284 e. The average Bonchev–Trinajstić information content (AvgIpc) is 3.51. The predicted molar refractivity (Wildman–Crippen MR) is 136 cm³/mol. The number of pyridine rings is 1. The fourth-order valence-electron chi connectivity index (χ4n) is 4.14. The van der Waals surface area contributed by atoms with Crippen LogP contribution in [0.1, 0.15) is 25.0 Å². The van der Waals surface area contributed by atoms with Crippen LogP contribution in [0.5, 0.6) is 0 Å². The Morgan fingerprint density at radius 3 is 2.56 bits per heavy atom. The number of nitrogens with two attached hydrogens (primary N) is 1. The maximum atomic E-state index is 13.3. The molecule has 174 valence electrons. The number of hydrogen-bond donors (Lipinski definition) is 2. The molecule has 34 heavy (non-hydrogen) atoms. The number of rotatable bonds is 5. The summed E-state index contributed by atoms with van der Waals surface area (Å²) in [6.07, 6.45) is 4.64. The van der Waals surface area contributed by atoms with E-state index in [1.54, 1.807) is 17.3 Å². The zero-order valence-corrected chi connectivity index (χ0v) is 20.0. The minimum Gasteiger partial charge on any atom is -0.409 e. The highest BCUT2D eigenvalue weighted by Crippen LogP contribution is 2.40. The third kappa shape index (κ3) is 4.83. The van der Waals surface area contributed by atoms with E-state index in [0.717, 1.165) is 33.5 Å². The van der Waals surface area contributed by atoms with E-state index in [4.69, 9.17) is 22.4 Å². The fourth-order valence-corrected chi connectivity index (χ4v) is 4.26. The second-order valence-corrected chi connectivity index (χ2v) is 8.08. The molecule has 0 aliphatic carbocycles. The molecule has 0 fully saturated rings. The van der Waals surface area contributed by atoms with Crippen molar-refractivity contribution in [2.24, 2.45) is 5.73 Å². The number of amides is 1. The van der Waals surface area contributed by atoms with E-state index < -0.39 is 6.04 Å². The van der Waals surface area contributed by atoms with Crippen molar-refractivity contribution in [3.05, 3.63) is 83.0 Å². The number of aromatic nitrogens is 3. The summed E-state index contributed by atoms with van der Waals surface area (Å²) in [5.41, 5.74) is 11.9. The van der Waals surface area contributed by atoms with Crippen molar-refractivity contribution in [3.8, 4) is 22.6 Å². The summed E-state index contributed by atoms with van der Waals surface area (Å²) < 4.78 is 5.62. The summed E-state index contributed by atoms with van der Waals surface area (Å²) in [5.74, 6) is 0.304. The Balaban J connectivity index is 0.00000133. The molecule has 2 aromatic carbocycles. The first-order valence-corrected chi connectivity index (χ1v) is 11.7. The highest BCUT2D eigenvalue weighted by molar-refractivity contribution is 7.71. The van der Waals surface area contributed by atoms with Crippen LogP contribution in [0.25, 0.3) is 22.6 Å². The number of aromatic amines is 1. The van der Waals surface area contributed by atoms with Crippen molar-refractivity contribution in [1.82, 2.24) is 15.2 Å². The lowest BCUT2D eigenvalue weighted by Crippen LogP contribution is -2.44. The Morgan fingerprint density at radius 1 is 1.15 bits per heavy atom. The molecule has 0 bridgehead atoms. The molecule has 1 aliphatic heterocycles. The second kappa shape index (κ2) is 10.5. The summed E-state index contributed by atoms with van der Waals surface area (Å²) in [4.78, 5) is 19.4. The van der Waals surface area contributed by atoms with Gasteiger partial charge < -0.3 is 15.1 Å². The summed E-state index contributed by atoms with van der Waals surface area (Å²) in [6, 6.07) is 17.1. The lowest BCUT2D eigenvalue weighted by atomic mass is 9.97. The van der Waals surface area contributed by atoms with Crippen molar-refractivity contribution >= 4 is 23.8 Å². The van der Waals surface area contributed by atoms with Crippen LogP contribution < -0.4 is 10.6 Å². The Morgan fingerprint density at radius 2 is 1.88 bits per heavy atom. The Labute approximate surface area is 203 Å². The molecular formula is C26H27N5O2S. The molecule has 7 nitrogen and oxygen atoms in total. The van der Waals surface area contributed by atoms with E-state index in [1.165, 1.54) is 0 Å². The molecule has 5 rings (SSSR count). The van der Waals surface area contributed by atoms with Gasteiger partial charge in [-0.3, -0.25) is 9.78 Å². The summed E-state index contributed by atoms with van der Waals surface area (Å²) in [5, 5.41) is 6.91. The van der Waals surface area contributed by atoms with Gasteiger partial charge in [-0.2, -0.15) is 0 Å². The highest BCUT2D eigenvalue weighted by Gasteiger charge is 2.31. The highest BCUT2D eigenvalue weighted by atomic mass is 32.1. The van der Waals surface area contributed by atoms with Crippen molar-refractivity contribution in [2.45, 2.75) is 32.7 Å². The molecule has 8 heteroatoms. The van der Waals surface area contributed by atoms with Gasteiger partial charge in [-0.05, 0) is 71.6 Å². The molecule has 0 radical (unpaired) electrons. The number of nitrogens with zero attached hydrogens (tertiary/aromatic N) is 3. The summed E-state index contributed by atoms with van der Waals surface area (Å²) >= 11 is 5.07. The summed E-state index contributed by atoms with van der Waals surface area (Å²) in [6.45, 7) is 4.55. The Kier molecular flexibility index (Phi) is 7.30. The van der Waals surface area contributed by atoms with Crippen LogP contribution in [-0.2, 0) is 17.6 Å². The standard InChI is InChI=1S/C24H21N5O2S.C2H6/c25-20(12-15-4-2-1-3-5-15)23(30)29-11-8-18-19(22-27-28-24(32)31-22)13-17(14-21(18)29)16-6-9-26-10-7-16;1-2/h1-7,9-10,13-14,20H,8,11-12,25H2,(H,28,32);1-2H3. The van der Waals surface area contributed by atoms with E-state index in [9.17, 15) is 4.79 Å². The van der Waals surface area contributed by atoms with Crippen LogP contribution in [-0.4, -0.2) is 33.7 Å². The van der Waals surface area contributed by atoms with Gasteiger partial charge in [0.25, 0.3) is 4.84 Å². The molecule has 1 atom stereocenters. The first-order valence-electron chi connectivity index (χ1n) is 11.3. The van der Waals surface area contributed by atoms with Crippen molar-refractivity contribution in [3.63, 3.8) is 0 Å². The van der Waals surface area contributed by atoms with E-state index in [1.807, 2.05) is 68.4 Å². The minimum atomic E-state index is -0.634. The zero-order valence-electron chi connectivity index (χ0n) is 19.2. The van der Waals surface area contributed by atoms with Gasteiger partial charge in [-0.25, -0.2) is 5.10 Å². The maximum absolute atomic E-state index is 13.3. The average molecular weight is 474 g/mol. The Hall–Kier alpha value is -3.62. The van der Waals surface area contributed by atoms with Crippen LogP contribution in [0.15, 0.2) is 71.4 Å². The first kappa shape index (κ1) is 23.5. The molecule has 2 aromatic heterocycles. The van der Waals surface area contributed by atoms with E-state index in [2.05, 4.69) is 15.2 Å². The van der Waals surface area contributed by atoms with E-state index >= 15 is 0 Å². The topological polar surface area (TPSA) is 101 Å². The molecule has 1 amide bonds. The van der Waals surface area contributed by atoms with Crippen LogP contribution in [0.4, 0.5) is 5.69 Å². The number of benzene rings is 2. The number of carbonyl (C=O) groups excluding carboxylic acids is 1. The fraction of sp³-hybridized carbons (Fsp3) is 0.231. The first-order chi connectivity index (χ1) is 16.6. The van der Waals surface area contributed by atoms with Crippen LogP contribution in [0.2, 0.25) is 0 Å². The predicted octanol–water partition coefficient (Wildman–Crippen LogP) is 4.95. The van der Waals surface area contributed by atoms with Gasteiger partial charge in [0.2, 0.25) is 11.8 Å². The molecule has 3 N–H and O–H groups in total. The normalized spacial score (nSPS) is 13.1. The number of H-pyrrole nitrogens is 1. The Bertz CT molecular complexity index is 1320. The maximum Gasteiger partial charge on any atom is 0.284 e.